The van der Waals surface area contributed by atoms with Gasteiger partial charge in [0.25, 0.3) is 0 Å². The molecule has 0 aromatic heterocycles. The van der Waals surface area contributed by atoms with E-state index in [0.29, 0.717) is 32.1 Å². The summed E-state index contributed by atoms with van der Waals surface area (Å²) < 4.78 is 18.4. The number of esters is 1. The van der Waals surface area contributed by atoms with Crippen LogP contribution in [-0.4, -0.2) is 53.5 Å². The third-order valence-electron chi connectivity index (χ3n) is 9.62. The Morgan fingerprint density at radius 1 is 0.927 bits per heavy atom. The smallest absolute Gasteiger partial charge is 0.305 e. The van der Waals surface area contributed by atoms with Crippen LogP contribution in [0.5, 0.6) is 0 Å². The van der Waals surface area contributed by atoms with Crippen molar-refractivity contribution in [2.75, 3.05) is 7.11 Å². The van der Waals surface area contributed by atoms with E-state index in [-0.39, 0.29) is 58.1 Å². The van der Waals surface area contributed by atoms with Crippen molar-refractivity contribution in [3.63, 3.8) is 0 Å². The first-order chi connectivity index (χ1) is 18.8. The molecule has 0 aliphatic heterocycles. The van der Waals surface area contributed by atoms with E-state index in [1.54, 1.807) is 0 Å². The molecule has 6 nitrogen and oxygen atoms in total. The third kappa shape index (κ3) is 12.2. The van der Waals surface area contributed by atoms with Crippen molar-refractivity contribution in [1.82, 2.24) is 0 Å². The summed E-state index contributed by atoms with van der Waals surface area (Å²) >= 11 is 0. The average Bonchev–Trinajstić information content (AvgIpc) is 3.11. The van der Waals surface area contributed by atoms with Gasteiger partial charge in [0.05, 0.1) is 19.3 Å². The van der Waals surface area contributed by atoms with Gasteiger partial charge in [0.2, 0.25) is 0 Å². The molecule has 0 N–H and O–H groups in total. The van der Waals surface area contributed by atoms with E-state index in [0.717, 1.165) is 25.7 Å². The Labute approximate surface area is 254 Å². The van der Waals surface area contributed by atoms with Gasteiger partial charge >= 0.3 is 5.97 Å². The van der Waals surface area contributed by atoms with Gasteiger partial charge < -0.3 is 13.6 Å². The van der Waals surface area contributed by atoms with Gasteiger partial charge in [-0.25, -0.2) is 0 Å². The summed E-state index contributed by atoms with van der Waals surface area (Å²) in [4.78, 5) is 37.8. The number of ether oxygens (including phenoxy) is 1. The molecule has 4 atom stereocenters. The standard InChI is InChI=1S/C33H62O6Si2/c1-13-14-15-19-26(38-40(9,10)32(2,3)4)21-22-27-28(23-25(34)18-16-17-20-31(36)37-8)29(35)24-30(27)39-41(11,12)33(5,6)7/h21-22,26-28,30H,13-20,23-24H2,1-12H3/b22-21+/t26?,27-,28-,30-/m1/s1. The average molecular weight is 611 g/mol. The highest BCUT2D eigenvalue weighted by molar-refractivity contribution is 6.74. The van der Waals surface area contributed by atoms with Crippen LogP contribution < -0.4 is 0 Å². The van der Waals surface area contributed by atoms with Gasteiger partial charge in [-0.15, -0.1) is 0 Å². The highest BCUT2D eigenvalue weighted by Gasteiger charge is 2.47. The van der Waals surface area contributed by atoms with E-state index in [4.69, 9.17) is 13.6 Å². The lowest BCUT2D eigenvalue weighted by atomic mass is 9.88. The van der Waals surface area contributed by atoms with Crippen molar-refractivity contribution < 1.29 is 28.0 Å². The van der Waals surface area contributed by atoms with Crippen molar-refractivity contribution in [3.05, 3.63) is 12.2 Å². The molecular weight excluding hydrogens is 549 g/mol. The van der Waals surface area contributed by atoms with Crippen LogP contribution in [0, 0.1) is 11.8 Å². The number of carbonyl (C=O) groups excluding carboxylic acids is 3. The molecule has 8 heteroatoms. The molecule has 1 aliphatic rings. The highest BCUT2D eigenvalue weighted by atomic mass is 28.4. The summed E-state index contributed by atoms with van der Waals surface area (Å²) in [6, 6.07) is 0. The van der Waals surface area contributed by atoms with Crippen LogP contribution in [0.4, 0.5) is 0 Å². The Morgan fingerprint density at radius 2 is 1.51 bits per heavy atom. The summed E-state index contributed by atoms with van der Waals surface area (Å²) in [5, 5.41) is 0.121. The van der Waals surface area contributed by atoms with Crippen molar-refractivity contribution in [3.8, 4) is 0 Å². The first-order valence-electron chi connectivity index (χ1n) is 15.9. The maximum atomic E-state index is 13.4. The van der Waals surface area contributed by atoms with Crippen LogP contribution in [0.15, 0.2) is 12.2 Å². The lowest BCUT2D eigenvalue weighted by Gasteiger charge is -2.40. The fourth-order valence-corrected chi connectivity index (χ4v) is 7.44. The van der Waals surface area contributed by atoms with Crippen molar-refractivity contribution >= 4 is 34.2 Å². The van der Waals surface area contributed by atoms with E-state index < -0.39 is 16.6 Å². The zero-order chi connectivity index (χ0) is 31.6. The SMILES string of the molecule is CCCCCC(/C=C/[C@H]1[C@H](O[Si](C)(C)C(C)(C)C)CC(=O)[C@@H]1CC(=O)CCCCC(=O)OC)O[Si](C)(C)C(C)(C)C. The Morgan fingerprint density at radius 3 is 2.05 bits per heavy atom. The van der Waals surface area contributed by atoms with E-state index in [9.17, 15) is 14.4 Å². The lowest BCUT2D eigenvalue weighted by molar-refractivity contribution is -0.140. The van der Waals surface area contributed by atoms with E-state index in [1.807, 2.05) is 0 Å². The molecule has 1 rings (SSSR count). The number of rotatable bonds is 17. The second kappa shape index (κ2) is 16.1. The molecular formula is C33H62O6Si2. The monoisotopic (exact) mass is 610 g/mol. The predicted molar refractivity (Wildman–Crippen MR) is 174 cm³/mol. The van der Waals surface area contributed by atoms with Crippen LogP contribution in [0.25, 0.3) is 0 Å². The molecule has 1 aliphatic carbocycles. The van der Waals surface area contributed by atoms with E-state index in [2.05, 4.69) is 86.8 Å². The normalized spacial score (nSPS) is 21.5. The van der Waals surface area contributed by atoms with Gasteiger partial charge in [0, 0.05) is 37.5 Å². The summed E-state index contributed by atoms with van der Waals surface area (Å²) in [5.41, 5.74) is 0. The highest BCUT2D eigenvalue weighted by Crippen LogP contribution is 2.43. The van der Waals surface area contributed by atoms with Crippen LogP contribution in [0.3, 0.4) is 0 Å². The maximum Gasteiger partial charge on any atom is 0.305 e. The minimum absolute atomic E-state index is 0.0126. The molecule has 0 radical (unpaired) electrons. The molecule has 0 heterocycles. The molecule has 1 saturated carbocycles. The third-order valence-corrected chi connectivity index (χ3v) is 18.6. The number of ketones is 2. The predicted octanol–water partition coefficient (Wildman–Crippen LogP) is 8.80. The Balaban J connectivity index is 3.23. The second-order valence-corrected chi connectivity index (χ2v) is 24.6. The van der Waals surface area contributed by atoms with Crippen LogP contribution in [0.2, 0.25) is 36.3 Å². The Hall–Kier alpha value is -1.10. The first-order valence-corrected chi connectivity index (χ1v) is 21.7. The molecule has 0 bridgehead atoms. The number of hydrogen-bond donors (Lipinski definition) is 0. The summed E-state index contributed by atoms with van der Waals surface area (Å²) in [5.74, 6) is -0.575. The van der Waals surface area contributed by atoms with Crippen LogP contribution >= 0.6 is 0 Å². The number of Topliss-reactive ketones (excluding diaryl/α,β-unsaturated/α-hetero) is 2. The second-order valence-electron chi connectivity index (χ2n) is 15.1. The molecule has 0 aromatic carbocycles. The summed E-state index contributed by atoms with van der Waals surface area (Å²) in [7, 11) is -2.76. The maximum absolute atomic E-state index is 13.4. The fraction of sp³-hybridized carbons (Fsp3) is 0.848. The van der Waals surface area contributed by atoms with Gasteiger partial charge in [-0.3, -0.25) is 14.4 Å². The fourth-order valence-electron chi connectivity index (χ4n) is 4.78. The number of methoxy groups -OCH3 is 1. The van der Waals surface area contributed by atoms with Gasteiger partial charge in [0.15, 0.2) is 16.6 Å². The molecule has 41 heavy (non-hydrogen) atoms. The van der Waals surface area contributed by atoms with E-state index >= 15 is 0 Å². The largest absolute Gasteiger partial charge is 0.469 e. The lowest BCUT2D eigenvalue weighted by Crippen LogP contribution is -2.45. The molecule has 0 spiro atoms. The van der Waals surface area contributed by atoms with Crippen LogP contribution in [0.1, 0.15) is 113 Å². The first kappa shape index (κ1) is 37.9. The van der Waals surface area contributed by atoms with Gasteiger partial charge in [-0.1, -0.05) is 79.9 Å². The quantitative estimate of drug-likeness (QED) is 0.0709. The zero-order valence-corrected chi connectivity index (χ0v) is 30.5. The zero-order valence-electron chi connectivity index (χ0n) is 28.5. The van der Waals surface area contributed by atoms with Crippen molar-refractivity contribution in [2.24, 2.45) is 11.8 Å². The van der Waals surface area contributed by atoms with E-state index in [1.165, 1.54) is 7.11 Å². The number of carbonyl (C=O) groups is 3. The molecule has 1 unspecified atom stereocenters. The Bertz CT molecular complexity index is 881. The Kier molecular flexibility index (Phi) is 14.9. The number of hydrogen-bond acceptors (Lipinski definition) is 6. The summed E-state index contributed by atoms with van der Waals surface area (Å²) in [6.07, 6.45) is 11.0. The summed E-state index contributed by atoms with van der Waals surface area (Å²) in [6.45, 7) is 24.7. The van der Waals surface area contributed by atoms with Crippen molar-refractivity contribution in [2.45, 2.75) is 161 Å². The molecule has 0 aromatic rings. The van der Waals surface area contributed by atoms with Gasteiger partial charge in [-0.05, 0) is 55.5 Å². The molecule has 238 valence electrons. The molecule has 0 saturated heterocycles. The number of unbranched alkanes of at least 4 members (excludes halogenated alkanes) is 3. The van der Waals surface area contributed by atoms with Crippen molar-refractivity contribution in [1.29, 1.82) is 0 Å². The minimum Gasteiger partial charge on any atom is -0.469 e. The minimum atomic E-state index is -2.14. The topological polar surface area (TPSA) is 78.9 Å². The molecule has 1 fully saturated rings. The van der Waals surface area contributed by atoms with Crippen LogP contribution in [-0.2, 0) is 28.0 Å². The molecule has 0 amide bonds. The van der Waals surface area contributed by atoms with Gasteiger partial charge in [-0.2, -0.15) is 0 Å². The van der Waals surface area contributed by atoms with Gasteiger partial charge in [0.1, 0.15) is 11.6 Å².